The van der Waals surface area contributed by atoms with Crippen LogP contribution in [-0.2, 0) is 6.61 Å². The van der Waals surface area contributed by atoms with E-state index < -0.39 is 0 Å². The maximum absolute atomic E-state index is 12.6. The maximum atomic E-state index is 12.6. The van der Waals surface area contributed by atoms with Gasteiger partial charge in [0.15, 0.2) is 0 Å². The van der Waals surface area contributed by atoms with Crippen LogP contribution < -0.4 is 10.5 Å². The number of aromatic nitrogens is 1. The van der Waals surface area contributed by atoms with Crippen LogP contribution in [0, 0.1) is 13.8 Å². The first-order valence-electron chi connectivity index (χ1n) is 8.04. The molecule has 0 radical (unpaired) electrons. The third-order valence-electron chi connectivity index (χ3n) is 4.14. The lowest BCUT2D eigenvalue weighted by Gasteiger charge is -2.24. The summed E-state index contributed by atoms with van der Waals surface area (Å²) in [6.07, 6.45) is 3.52. The number of carbonyl (C=O) groups excluding carboxylic acids is 1. The number of hydrogen-bond donors (Lipinski definition) is 1. The van der Waals surface area contributed by atoms with E-state index in [1.165, 1.54) is 0 Å². The SMILES string of the molecule is Cc1cc(C(=O)N(C)C(C)CN)cc(C)c1OCc1cccnc1.Cl.Cl. The van der Waals surface area contributed by atoms with Crippen molar-refractivity contribution in [2.24, 2.45) is 5.73 Å². The maximum Gasteiger partial charge on any atom is 0.253 e. The third-order valence-corrected chi connectivity index (χ3v) is 4.14. The number of nitrogens with two attached hydrogens (primary N) is 1. The van der Waals surface area contributed by atoms with E-state index in [-0.39, 0.29) is 36.8 Å². The lowest BCUT2D eigenvalue weighted by atomic mass is 10.0. The molecule has 7 heteroatoms. The van der Waals surface area contributed by atoms with Gasteiger partial charge in [-0.05, 0) is 50.1 Å². The van der Waals surface area contributed by atoms with Crippen LogP contribution in [-0.4, -0.2) is 35.4 Å². The number of rotatable bonds is 6. The van der Waals surface area contributed by atoms with Crippen molar-refractivity contribution < 1.29 is 9.53 Å². The van der Waals surface area contributed by atoms with Crippen molar-refractivity contribution in [3.05, 3.63) is 58.9 Å². The molecule has 1 aromatic carbocycles. The van der Waals surface area contributed by atoms with E-state index in [9.17, 15) is 4.79 Å². The Morgan fingerprint density at radius 3 is 2.38 bits per heavy atom. The normalized spacial score (nSPS) is 11.0. The molecule has 1 heterocycles. The number of pyridine rings is 1. The summed E-state index contributed by atoms with van der Waals surface area (Å²) in [5.41, 5.74) is 9.19. The molecule has 0 saturated heterocycles. The zero-order valence-corrected chi connectivity index (χ0v) is 17.2. The summed E-state index contributed by atoms with van der Waals surface area (Å²) >= 11 is 0. The first-order valence-corrected chi connectivity index (χ1v) is 8.04. The lowest BCUT2D eigenvalue weighted by molar-refractivity contribution is 0.0748. The molecule has 1 unspecified atom stereocenters. The van der Waals surface area contributed by atoms with Crippen molar-refractivity contribution >= 4 is 30.7 Å². The third kappa shape index (κ3) is 5.87. The van der Waals surface area contributed by atoms with E-state index in [4.69, 9.17) is 10.5 Å². The first kappa shape index (κ1) is 24.2. The molecule has 0 spiro atoms. The van der Waals surface area contributed by atoms with Crippen LogP contribution in [0.4, 0.5) is 0 Å². The number of halogens is 2. The number of likely N-dealkylation sites (N-methyl/N-ethyl adjacent to an activating group) is 1. The molecule has 0 aliphatic heterocycles. The number of hydrogen-bond acceptors (Lipinski definition) is 4. The van der Waals surface area contributed by atoms with Crippen LogP contribution >= 0.6 is 24.8 Å². The predicted molar refractivity (Wildman–Crippen MR) is 110 cm³/mol. The molecule has 0 bridgehead atoms. The highest BCUT2D eigenvalue weighted by molar-refractivity contribution is 5.95. The molecule has 2 N–H and O–H groups in total. The Balaban J connectivity index is 0.00000312. The lowest BCUT2D eigenvalue weighted by Crippen LogP contribution is -2.39. The van der Waals surface area contributed by atoms with Gasteiger partial charge in [0.1, 0.15) is 12.4 Å². The largest absolute Gasteiger partial charge is 0.488 e. The minimum Gasteiger partial charge on any atom is -0.488 e. The van der Waals surface area contributed by atoms with Crippen LogP contribution in [0.5, 0.6) is 5.75 Å². The van der Waals surface area contributed by atoms with E-state index in [1.54, 1.807) is 24.3 Å². The summed E-state index contributed by atoms with van der Waals surface area (Å²) in [5.74, 6) is 0.780. The van der Waals surface area contributed by atoms with Gasteiger partial charge in [0.25, 0.3) is 5.91 Å². The number of aryl methyl sites for hydroxylation is 2. The fraction of sp³-hybridized carbons (Fsp3) is 0.368. The molecule has 0 saturated carbocycles. The molecular weight excluding hydrogens is 373 g/mol. The molecule has 5 nitrogen and oxygen atoms in total. The van der Waals surface area contributed by atoms with E-state index in [1.807, 2.05) is 45.0 Å². The Morgan fingerprint density at radius 2 is 1.88 bits per heavy atom. The van der Waals surface area contributed by atoms with Crippen LogP contribution in [0.1, 0.15) is 34.0 Å². The number of benzene rings is 1. The number of nitrogens with zero attached hydrogens (tertiary/aromatic N) is 2. The number of ether oxygens (including phenoxy) is 1. The van der Waals surface area contributed by atoms with Gasteiger partial charge in [-0.3, -0.25) is 9.78 Å². The van der Waals surface area contributed by atoms with Crippen molar-refractivity contribution in [2.45, 2.75) is 33.4 Å². The average Bonchev–Trinajstić information content (AvgIpc) is 2.59. The average molecular weight is 400 g/mol. The monoisotopic (exact) mass is 399 g/mol. The zero-order chi connectivity index (χ0) is 17.7. The van der Waals surface area contributed by atoms with Crippen LogP contribution in [0.2, 0.25) is 0 Å². The topological polar surface area (TPSA) is 68.5 Å². The Bertz CT molecular complexity index is 688. The summed E-state index contributed by atoms with van der Waals surface area (Å²) in [6.45, 7) is 6.73. The van der Waals surface area contributed by atoms with Gasteiger partial charge in [0.05, 0.1) is 0 Å². The van der Waals surface area contributed by atoms with E-state index >= 15 is 0 Å². The van der Waals surface area contributed by atoms with Gasteiger partial charge < -0.3 is 15.4 Å². The van der Waals surface area contributed by atoms with Gasteiger partial charge in [-0.2, -0.15) is 0 Å². The molecule has 2 rings (SSSR count). The quantitative estimate of drug-likeness (QED) is 0.806. The van der Waals surface area contributed by atoms with Gasteiger partial charge >= 0.3 is 0 Å². The summed E-state index contributed by atoms with van der Waals surface area (Å²) in [7, 11) is 1.78. The summed E-state index contributed by atoms with van der Waals surface area (Å²) < 4.78 is 5.93. The highest BCUT2D eigenvalue weighted by atomic mass is 35.5. The van der Waals surface area contributed by atoms with Crippen molar-refractivity contribution in [1.29, 1.82) is 0 Å². The summed E-state index contributed by atoms with van der Waals surface area (Å²) in [5, 5.41) is 0. The number of carbonyl (C=O) groups is 1. The van der Waals surface area contributed by atoms with Crippen molar-refractivity contribution in [3.63, 3.8) is 0 Å². The zero-order valence-electron chi connectivity index (χ0n) is 15.6. The molecule has 1 atom stereocenters. The minimum atomic E-state index is -0.0297. The summed E-state index contributed by atoms with van der Waals surface area (Å²) in [4.78, 5) is 18.3. The molecule has 0 aliphatic rings. The van der Waals surface area contributed by atoms with Crippen molar-refractivity contribution in [3.8, 4) is 5.75 Å². The van der Waals surface area contributed by atoms with Crippen LogP contribution in [0.25, 0.3) is 0 Å². The predicted octanol–water partition coefficient (Wildman–Crippen LogP) is 3.54. The van der Waals surface area contributed by atoms with E-state index in [0.717, 1.165) is 22.4 Å². The minimum absolute atomic E-state index is 0. The van der Waals surface area contributed by atoms with Gasteiger partial charge in [0.2, 0.25) is 0 Å². The second-order valence-corrected chi connectivity index (χ2v) is 6.09. The number of amides is 1. The second kappa shape index (κ2) is 11.0. The first-order chi connectivity index (χ1) is 11.4. The highest BCUT2D eigenvalue weighted by Gasteiger charge is 2.18. The second-order valence-electron chi connectivity index (χ2n) is 6.09. The van der Waals surface area contributed by atoms with Gasteiger partial charge in [-0.25, -0.2) is 0 Å². The van der Waals surface area contributed by atoms with Gasteiger partial charge in [-0.1, -0.05) is 6.07 Å². The molecule has 26 heavy (non-hydrogen) atoms. The molecular formula is C19H27Cl2N3O2. The van der Waals surface area contributed by atoms with Crippen molar-refractivity contribution in [1.82, 2.24) is 9.88 Å². The fourth-order valence-electron chi connectivity index (χ4n) is 2.50. The Labute approximate surface area is 167 Å². The summed E-state index contributed by atoms with van der Waals surface area (Å²) in [6, 6.07) is 7.59. The van der Waals surface area contributed by atoms with Gasteiger partial charge in [0, 0.05) is 43.2 Å². The molecule has 0 fully saturated rings. The highest BCUT2D eigenvalue weighted by Crippen LogP contribution is 2.26. The molecule has 1 amide bonds. The van der Waals surface area contributed by atoms with E-state index in [2.05, 4.69) is 4.98 Å². The van der Waals surface area contributed by atoms with Crippen molar-refractivity contribution in [2.75, 3.05) is 13.6 Å². The smallest absolute Gasteiger partial charge is 0.253 e. The molecule has 0 aliphatic carbocycles. The fourth-order valence-corrected chi connectivity index (χ4v) is 2.50. The van der Waals surface area contributed by atoms with Gasteiger partial charge in [-0.15, -0.1) is 24.8 Å². The Hall–Kier alpha value is -1.82. The van der Waals surface area contributed by atoms with E-state index in [0.29, 0.717) is 18.7 Å². The standard InChI is InChI=1S/C19H25N3O2.2ClH/c1-13-8-17(19(23)22(4)15(3)10-20)9-14(2)18(13)24-12-16-6-5-7-21-11-16;;/h5-9,11,15H,10,12,20H2,1-4H3;2*1H. The molecule has 2 aromatic rings. The van der Waals surface area contributed by atoms with Crippen LogP contribution in [0.15, 0.2) is 36.7 Å². The Morgan fingerprint density at radius 1 is 1.27 bits per heavy atom. The Kier molecular flexibility index (Phi) is 10.2. The van der Waals surface area contributed by atoms with Crippen LogP contribution in [0.3, 0.4) is 0 Å². The molecule has 144 valence electrons. The molecule has 1 aromatic heterocycles.